The third-order valence-corrected chi connectivity index (χ3v) is 3.19. The summed E-state index contributed by atoms with van der Waals surface area (Å²) in [4.78, 5) is 6.85. The molecule has 1 aliphatic heterocycles. The van der Waals surface area contributed by atoms with E-state index in [1.54, 1.807) is 0 Å². The Morgan fingerprint density at radius 1 is 1.44 bits per heavy atom. The van der Waals surface area contributed by atoms with Gasteiger partial charge in [-0.3, -0.25) is 0 Å². The first-order valence-corrected chi connectivity index (χ1v) is 5.85. The zero-order chi connectivity index (χ0) is 11.4. The van der Waals surface area contributed by atoms with E-state index in [9.17, 15) is 0 Å². The van der Waals surface area contributed by atoms with E-state index in [1.165, 1.54) is 0 Å². The van der Waals surface area contributed by atoms with Crippen LogP contribution in [0.2, 0.25) is 0 Å². The molecule has 1 saturated heterocycles. The first-order chi connectivity index (χ1) is 7.79. The monoisotopic (exact) mass is 215 g/mol. The lowest BCUT2D eigenvalue weighted by atomic mass is 9.94. The molecule has 2 rings (SSSR count). The third-order valence-electron chi connectivity index (χ3n) is 3.19. The molecule has 2 heterocycles. The van der Waals surface area contributed by atoms with Crippen molar-refractivity contribution in [3.05, 3.63) is 23.9 Å². The molecule has 16 heavy (non-hydrogen) atoms. The summed E-state index contributed by atoms with van der Waals surface area (Å²) in [5.41, 5.74) is 1.07. The number of anilines is 1. The van der Waals surface area contributed by atoms with Gasteiger partial charge >= 0.3 is 0 Å². The Hall–Kier alpha value is -1.56. The SMILES string of the molecule is Cc1cccc(N2CCC(CC#N)CC2)n1. The van der Waals surface area contributed by atoms with Crippen molar-refractivity contribution < 1.29 is 0 Å². The molecule has 0 atom stereocenters. The van der Waals surface area contributed by atoms with Crippen LogP contribution in [0.1, 0.15) is 25.0 Å². The standard InChI is InChI=1S/C13H17N3/c1-11-3-2-4-13(15-11)16-9-6-12(5-8-14)7-10-16/h2-4,12H,5-7,9-10H2,1H3. The Bertz CT molecular complexity index is 386. The van der Waals surface area contributed by atoms with E-state index in [-0.39, 0.29) is 0 Å². The van der Waals surface area contributed by atoms with E-state index in [4.69, 9.17) is 5.26 Å². The maximum absolute atomic E-state index is 8.66. The molecule has 0 saturated carbocycles. The minimum atomic E-state index is 0.589. The Morgan fingerprint density at radius 2 is 2.19 bits per heavy atom. The van der Waals surface area contributed by atoms with Crippen molar-refractivity contribution in [1.82, 2.24) is 4.98 Å². The Kier molecular flexibility index (Phi) is 3.40. The highest BCUT2D eigenvalue weighted by Gasteiger charge is 2.19. The van der Waals surface area contributed by atoms with Gasteiger partial charge in [-0.1, -0.05) is 6.07 Å². The Morgan fingerprint density at radius 3 is 2.81 bits per heavy atom. The van der Waals surface area contributed by atoms with Crippen molar-refractivity contribution in [2.45, 2.75) is 26.2 Å². The number of piperidine rings is 1. The summed E-state index contributed by atoms with van der Waals surface area (Å²) >= 11 is 0. The normalized spacial score (nSPS) is 17.1. The molecule has 1 aliphatic rings. The van der Waals surface area contributed by atoms with Gasteiger partial charge in [0.25, 0.3) is 0 Å². The van der Waals surface area contributed by atoms with Gasteiger partial charge in [-0.2, -0.15) is 5.26 Å². The van der Waals surface area contributed by atoms with E-state index in [2.05, 4.69) is 28.1 Å². The van der Waals surface area contributed by atoms with Crippen LogP contribution in [0.3, 0.4) is 0 Å². The number of rotatable bonds is 2. The Labute approximate surface area is 96.7 Å². The molecule has 0 N–H and O–H groups in total. The number of nitriles is 1. The van der Waals surface area contributed by atoms with Gasteiger partial charge in [0.05, 0.1) is 6.07 Å². The first-order valence-electron chi connectivity index (χ1n) is 5.85. The molecule has 0 amide bonds. The second kappa shape index (κ2) is 4.98. The van der Waals surface area contributed by atoms with Crippen molar-refractivity contribution in [1.29, 1.82) is 5.26 Å². The van der Waals surface area contributed by atoms with Gasteiger partial charge < -0.3 is 4.90 Å². The van der Waals surface area contributed by atoms with Gasteiger partial charge in [0.1, 0.15) is 5.82 Å². The summed E-state index contributed by atoms with van der Waals surface area (Å²) in [6.07, 6.45) is 2.93. The fourth-order valence-electron chi connectivity index (χ4n) is 2.20. The lowest BCUT2D eigenvalue weighted by Crippen LogP contribution is -2.34. The zero-order valence-corrected chi connectivity index (χ0v) is 9.69. The van der Waals surface area contributed by atoms with E-state index in [0.717, 1.165) is 37.4 Å². The lowest BCUT2D eigenvalue weighted by molar-refractivity contribution is 0.411. The van der Waals surface area contributed by atoms with E-state index < -0.39 is 0 Å². The summed E-state index contributed by atoms with van der Waals surface area (Å²) in [6, 6.07) is 8.41. The van der Waals surface area contributed by atoms with Crippen LogP contribution in [0.15, 0.2) is 18.2 Å². The molecule has 1 fully saturated rings. The number of aryl methyl sites for hydroxylation is 1. The number of hydrogen-bond acceptors (Lipinski definition) is 3. The average Bonchev–Trinajstić information content (AvgIpc) is 2.30. The van der Waals surface area contributed by atoms with Gasteiger partial charge in [0, 0.05) is 25.2 Å². The van der Waals surface area contributed by atoms with Gasteiger partial charge in [-0.15, -0.1) is 0 Å². The maximum Gasteiger partial charge on any atom is 0.128 e. The van der Waals surface area contributed by atoms with E-state index >= 15 is 0 Å². The molecule has 3 nitrogen and oxygen atoms in total. The molecule has 84 valence electrons. The van der Waals surface area contributed by atoms with E-state index in [1.807, 2.05) is 13.0 Å². The predicted octanol–water partition coefficient (Wildman–Crippen LogP) is 2.52. The Balaban J connectivity index is 1.97. The van der Waals surface area contributed by atoms with Crippen molar-refractivity contribution in [3.8, 4) is 6.07 Å². The van der Waals surface area contributed by atoms with Crippen molar-refractivity contribution in [3.63, 3.8) is 0 Å². The molecule has 1 aromatic rings. The molecular weight excluding hydrogens is 198 g/mol. The molecule has 0 unspecified atom stereocenters. The molecule has 1 aromatic heterocycles. The third kappa shape index (κ3) is 2.52. The highest BCUT2D eigenvalue weighted by Crippen LogP contribution is 2.23. The minimum absolute atomic E-state index is 0.589. The highest BCUT2D eigenvalue weighted by molar-refractivity contribution is 5.39. The van der Waals surface area contributed by atoms with Crippen LogP contribution in [0, 0.1) is 24.2 Å². The second-order valence-electron chi connectivity index (χ2n) is 4.43. The number of aromatic nitrogens is 1. The van der Waals surface area contributed by atoms with Crippen LogP contribution in [-0.2, 0) is 0 Å². The smallest absolute Gasteiger partial charge is 0.128 e. The number of nitrogens with zero attached hydrogens (tertiary/aromatic N) is 3. The summed E-state index contributed by atoms with van der Waals surface area (Å²) < 4.78 is 0. The summed E-state index contributed by atoms with van der Waals surface area (Å²) in [7, 11) is 0. The van der Waals surface area contributed by atoms with Crippen LogP contribution in [0.25, 0.3) is 0 Å². The molecule has 0 aliphatic carbocycles. The predicted molar refractivity (Wildman–Crippen MR) is 64.1 cm³/mol. The first kappa shape index (κ1) is 10.9. The largest absolute Gasteiger partial charge is 0.357 e. The zero-order valence-electron chi connectivity index (χ0n) is 9.69. The summed E-state index contributed by atoms with van der Waals surface area (Å²) in [5.74, 6) is 1.67. The fourth-order valence-corrected chi connectivity index (χ4v) is 2.20. The van der Waals surface area contributed by atoms with Gasteiger partial charge in [-0.25, -0.2) is 4.98 Å². The molecule has 0 aromatic carbocycles. The second-order valence-corrected chi connectivity index (χ2v) is 4.43. The maximum atomic E-state index is 8.66. The number of pyridine rings is 1. The van der Waals surface area contributed by atoms with Crippen LogP contribution in [-0.4, -0.2) is 18.1 Å². The van der Waals surface area contributed by atoms with Gasteiger partial charge in [-0.05, 0) is 37.8 Å². The summed E-state index contributed by atoms with van der Waals surface area (Å²) in [5, 5.41) is 8.66. The topological polar surface area (TPSA) is 39.9 Å². The van der Waals surface area contributed by atoms with Crippen molar-refractivity contribution >= 4 is 5.82 Å². The molecule has 3 heteroatoms. The minimum Gasteiger partial charge on any atom is -0.357 e. The van der Waals surface area contributed by atoms with Gasteiger partial charge in [0.2, 0.25) is 0 Å². The molecule has 0 radical (unpaired) electrons. The van der Waals surface area contributed by atoms with E-state index in [0.29, 0.717) is 12.3 Å². The fraction of sp³-hybridized carbons (Fsp3) is 0.538. The van der Waals surface area contributed by atoms with Crippen LogP contribution in [0.4, 0.5) is 5.82 Å². The van der Waals surface area contributed by atoms with Crippen LogP contribution in [0.5, 0.6) is 0 Å². The quantitative estimate of drug-likeness (QED) is 0.761. The van der Waals surface area contributed by atoms with Crippen LogP contribution >= 0.6 is 0 Å². The van der Waals surface area contributed by atoms with Gasteiger partial charge in [0.15, 0.2) is 0 Å². The summed E-state index contributed by atoms with van der Waals surface area (Å²) in [6.45, 7) is 4.08. The molecule has 0 bridgehead atoms. The van der Waals surface area contributed by atoms with Crippen molar-refractivity contribution in [2.24, 2.45) is 5.92 Å². The molecular formula is C13H17N3. The highest BCUT2D eigenvalue weighted by atomic mass is 15.2. The number of hydrogen-bond donors (Lipinski definition) is 0. The molecule has 0 spiro atoms. The van der Waals surface area contributed by atoms with Crippen LogP contribution < -0.4 is 4.90 Å². The average molecular weight is 215 g/mol. The lowest BCUT2D eigenvalue weighted by Gasteiger charge is -2.32. The van der Waals surface area contributed by atoms with Crippen molar-refractivity contribution in [2.75, 3.05) is 18.0 Å².